The second kappa shape index (κ2) is 10.6. The van der Waals surface area contributed by atoms with E-state index in [2.05, 4.69) is 4.99 Å². The van der Waals surface area contributed by atoms with Gasteiger partial charge in [-0.15, -0.1) is 0 Å². The van der Waals surface area contributed by atoms with E-state index in [-0.39, 0.29) is 35.2 Å². The Bertz CT molecular complexity index is 1760. The number of aromatic hydroxyl groups is 1. The summed E-state index contributed by atoms with van der Waals surface area (Å²) in [6.07, 6.45) is 1.45. The van der Waals surface area contributed by atoms with E-state index in [1.54, 1.807) is 42.5 Å². The predicted molar refractivity (Wildman–Crippen MR) is 151 cm³/mol. The number of benzene rings is 3. The number of aryl methyl sites for hydroxylation is 2. The van der Waals surface area contributed by atoms with Crippen LogP contribution in [0.25, 0.3) is 16.5 Å². The molecule has 1 aliphatic rings. The molecule has 0 saturated carbocycles. The van der Waals surface area contributed by atoms with Crippen molar-refractivity contribution in [3.05, 3.63) is 87.7 Å². The number of rotatable bonds is 6. The van der Waals surface area contributed by atoms with Gasteiger partial charge in [-0.2, -0.15) is 4.31 Å². The monoisotopic (exact) mass is 547 g/mol. The van der Waals surface area contributed by atoms with E-state index in [1.807, 2.05) is 26.0 Å². The number of aromatic nitrogens is 1. The summed E-state index contributed by atoms with van der Waals surface area (Å²) in [6, 6.07) is 17.1. The molecule has 0 atom stereocenters. The van der Waals surface area contributed by atoms with E-state index < -0.39 is 10.0 Å². The first kappa shape index (κ1) is 26.6. The lowest BCUT2D eigenvalue weighted by molar-refractivity contribution is 0.0729. The molecule has 202 valence electrons. The molecule has 3 aromatic carbocycles. The molecule has 4 aromatic rings. The average molecular weight is 548 g/mol. The Morgan fingerprint density at radius 2 is 1.69 bits per heavy atom. The van der Waals surface area contributed by atoms with Gasteiger partial charge in [0.25, 0.3) is 5.56 Å². The fourth-order valence-electron chi connectivity index (χ4n) is 4.61. The molecule has 39 heavy (non-hydrogen) atoms. The maximum absolute atomic E-state index is 13.4. The molecule has 1 aromatic heterocycles. The molecule has 10 heteroatoms. The third-order valence-corrected chi connectivity index (χ3v) is 8.85. The second-order valence-corrected chi connectivity index (χ2v) is 11.2. The van der Waals surface area contributed by atoms with Crippen molar-refractivity contribution in [2.24, 2.45) is 4.99 Å². The number of ether oxygens (including phenoxy) is 2. The van der Waals surface area contributed by atoms with Gasteiger partial charge in [0.1, 0.15) is 10.6 Å². The van der Waals surface area contributed by atoms with Crippen molar-refractivity contribution in [1.29, 1.82) is 0 Å². The van der Waals surface area contributed by atoms with Gasteiger partial charge in [-0.25, -0.2) is 13.0 Å². The molecule has 1 N–H and O–H groups in total. The van der Waals surface area contributed by atoms with Crippen molar-refractivity contribution in [3.8, 4) is 17.3 Å². The summed E-state index contributed by atoms with van der Waals surface area (Å²) in [6.45, 7) is 5.06. The number of nitrogens with zero attached hydrogens (tertiary/aromatic N) is 3. The smallest absolute Gasteiger partial charge is 0.265 e. The Morgan fingerprint density at radius 3 is 2.38 bits per heavy atom. The van der Waals surface area contributed by atoms with Crippen LogP contribution in [0, 0.1) is 13.8 Å². The van der Waals surface area contributed by atoms with Crippen LogP contribution in [0.15, 0.2) is 75.3 Å². The zero-order chi connectivity index (χ0) is 27.7. The molecule has 2 heterocycles. The Morgan fingerprint density at radius 1 is 0.974 bits per heavy atom. The minimum atomic E-state index is -3.85. The third-order valence-electron chi connectivity index (χ3n) is 6.93. The topological polar surface area (TPSA) is 110 Å². The molecule has 0 spiro atoms. The van der Waals surface area contributed by atoms with Crippen molar-refractivity contribution < 1.29 is 23.0 Å². The molecule has 0 radical (unpaired) electrons. The first-order chi connectivity index (χ1) is 18.7. The molecular formula is C29H29N3O6S. The summed E-state index contributed by atoms with van der Waals surface area (Å²) in [5.41, 5.74) is 2.90. The standard InChI is InChI=1S/C29H29N3O6S/c1-19-8-10-22(16-20(19)2)32-28(33)24-7-5-4-6-23(24)25(29(32)34)18-30-21-9-11-26(37-3)27(17-21)39(35,36)31-12-14-38-15-13-31/h4-11,16-18,34H,12-15H2,1-3H3. The SMILES string of the molecule is COc1ccc(N=Cc2c(O)n(-c3ccc(C)c(C)c3)c(=O)c3ccccc23)cc1S(=O)(=O)N1CCOCC1. The first-order valence-corrected chi connectivity index (χ1v) is 13.9. The van der Waals surface area contributed by atoms with Gasteiger partial charge in [-0.1, -0.05) is 24.3 Å². The van der Waals surface area contributed by atoms with Crippen molar-refractivity contribution >= 4 is 32.7 Å². The lowest BCUT2D eigenvalue weighted by atomic mass is 10.1. The van der Waals surface area contributed by atoms with Crippen LogP contribution in [0.5, 0.6) is 11.6 Å². The van der Waals surface area contributed by atoms with Crippen LogP contribution < -0.4 is 10.3 Å². The number of pyridine rings is 1. The predicted octanol–water partition coefficient (Wildman–Crippen LogP) is 4.09. The quantitative estimate of drug-likeness (QED) is 0.364. The van der Waals surface area contributed by atoms with Crippen LogP contribution >= 0.6 is 0 Å². The number of hydrogen-bond donors (Lipinski definition) is 1. The Kier molecular flexibility index (Phi) is 7.26. The molecule has 1 fully saturated rings. The van der Waals surface area contributed by atoms with Gasteiger partial charge in [-0.05, 0) is 61.4 Å². The van der Waals surface area contributed by atoms with Crippen LogP contribution in [-0.4, -0.2) is 62.0 Å². The van der Waals surface area contributed by atoms with Gasteiger partial charge in [0.2, 0.25) is 15.9 Å². The number of aliphatic imine (C=N–C) groups is 1. The Balaban J connectivity index is 1.64. The van der Waals surface area contributed by atoms with Crippen LogP contribution in [0.1, 0.15) is 16.7 Å². The maximum atomic E-state index is 13.4. The van der Waals surface area contributed by atoms with Gasteiger partial charge in [0.05, 0.1) is 37.3 Å². The molecule has 0 bridgehead atoms. The minimum Gasteiger partial charge on any atom is -0.495 e. The minimum absolute atomic E-state index is 0.00395. The molecule has 1 saturated heterocycles. The summed E-state index contributed by atoms with van der Waals surface area (Å²) in [5.74, 6) is -0.0580. The lowest BCUT2D eigenvalue weighted by Gasteiger charge is -2.26. The molecule has 5 rings (SSSR count). The zero-order valence-electron chi connectivity index (χ0n) is 21.9. The van der Waals surface area contributed by atoms with Crippen molar-refractivity contribution in [2.75, 3.05) is 33.4 Å². The number of hydrogen-bond acceptors (Lipinski definition) is 7. The average Bonchev–Trinajstić information content (AvgIpc) is 2.95. The number of morpholine rings is 1. The summed E-state index contributed by atoms with van der Waals surface area (Å²) in [5, 5.41) is 12.3. The molecule has 0 amide bonds. The van der Waals surface area contributed by atoms with E-state index in [0.29, 0.717) is 40.9 Å². The van der Waals surface area contributed by atoms with Crippen LogP contribution in [0.2, 0.25) is 0 Å². The third kappa shape index (κ3) is 4.94. The fraction of sp³-hybridized carbons (Fsp3) is 0.241. The van der Waals surface area contributed by atoms with E-state index >= 15 is 0 Å². The molecular weight excluding hydrogens is 518 g/mol. The zero-order valence-corrected chi connectivity index (χ0v) is 22.7. The Labute approximate surface area is 226 Å². The highest BCUT2D eigenvalue weighted by atomic mass is 32.2. The van der Waals surface area contributed by atoms with Gasteiger partial charge >= 0.3 is 0 Å². The number of fused-ring (bicyclic) bond motifs is 1. The second-order valence-electron chi connectivity index (χ2n) is 9.30. The first-order valence-electron chi connectivity index (χ1n) is 12.5. The largest absolute Gasteiger partial charge is 0.495 e. The van der Waals surface area contributed by atoms with Crippen molar-refractivity contribution in [3.63, 3.8) is 0 Å². The van der Waals surface area contributed by atoms with Crippen LogP contribution in [0.4, 0.5) is 5.69 Å². The highest BCUT2D eigenvalue weighted by molar-refractivity contribution is 7.89. The van der Waals surface area contributed by atoms with Gasteiger partial charge in [0.15, 0.2) is 0 Å². The van der Waals surface area contributed by atoms with Crippen molar-refractivity contribution in [2.45, 2.75) is 18.7 Å². The number of sulfonamides is 1. The lowest BCUT2D eigenvalue weighted by Crippen LogP contribution is -2.40. The summed E-state index contributed by atoms with van der Waals surface area (Å²) < 4.78 is 40.0. The molecule has 0 unspecified atom stereocenters. The number of methoxy groups -OCH3 is 1. The fourth-order valence-corrected chi connectivity index (χ4v) is 6.19. The summed E-state index contributed by atoms with van der Waals surface area (Å²) in [7, 11) is -2.44. The Hall–Kier alpha value is -3.99. The van der Waals surface area contributed by atoms with E-state index in [1.165, 1.54) is 28.3 Å². The summed E-state index contributed by atoms with van der Waals surface area (Å²) in [4.78, 5) is 17.9. The van der Waals surface area contributed by atoms with Crippen LogP contribution in [-0.2, 0) is 14.8 Å². The highest BCUT2D eigenvalue weighted by Gasteiger charge is 2.29. The normalized spacial score (nSPS) is 14.7. The highest BCUT2D eigenvalue weighted by Crippen LogP contribution is 2.32. The molecule has 0 aliphatic carbocycles. The van der Waals surface area contributed by atoms with Gasteiger partial charge in [0, 0.05) is 30.1 Å². The maximum Gasteiger partial charge on any atom is 0.265 e. The van der Waals surface area contributed by atoms with E-state index in [4.69, 9.17) is 9.47 Å². The van der Waals surface area contributed by atoms with E-state index in [9.17, 15) is 18.3 Å². The van der Waals surface area contributed by atoms with Crippen LogP contribution in [0.3, 0.4) is 0 Å². The summed E-state index contributed by atoms with van der Waals surface area (Å²) >= 11 is 0. The molecule has 9 nitrogen and oxygen atoms in total. The van der Waals surface area contributed by atoms with Crippen molar-refractivity contribution in [1.82, 2.24) is 8.87 Å². The van der Waals surface area contributed by atoms with Gasteiger partial charge < -0.3 is 14.6 Å². The van der Waals surface area contributed by atoms with E-state index in [0.717, 1.165) is 11.1 Å². The van der Waals surface area contributed by atoms with Gasteiger partial charge in [-0.3, -0.25) is 9.79 Å². The molecule has 1 aliphatic heterocycles.